The smallest absolute Gasteiger partial charge is 0.266 e. The van der Waals surface area contributed by atoms with Crippen LogP contribution in [0.5, 0.6) is 11.5 Å². The largest absolute Gasteiger partial charge is 0.490 e. The number of hydrogen-bond donors (Lipinski definition) is 1. The van der Waals surface area contributed by atoms with E-state index >= 15 is 0 Å². The Bertz CT molecular complexity index is 1340. The second kappa shape index (κ2) is 12.5. The molecule has 3 aromatic rings. The number of nitriles is 1. The Morgan fingerprint density at radius 2 is 1.80 bits per heavy atom. The van der Waals surface area contributed by atoms with Crippen LogP contribution in [0.1, 0.15) is 18.1 Å². The molecule has 0 aliphatic heterocycles. The number of nitrogens with zero attached hydrogens (tertiary/aromatic N) is 1. The topological polar surface area (TPSA) is 71.3 Å². The van der Waals surface area contributed by atoms with Crippen LogP contribution in [-0.4, -0.2) is 12.5 Å². The van der Waals surface area contributed by atoms with Gasteiger partial charge in [0.15, 0.2) is 11.5 Å². The number of anilines is 1. The monoisotopic (exact) mass is 612 g/mol. The summed E-state index contributed by atoms with van der Waals surface area (Å²) in [4.78, 5) is 12.7. The molecule has 5 nitrogen and oxygen atoms in total. The van der Waals surface area contributed by atoms with Crippen LogP contribution in [0.2, 0.25) is 20.1 Å². The van der Waals surface area contributed by atoms with Crippen LogP contribution < -0.4 is 14.8 Å². The predicted octanol–water partition coefficient (Wildman–Crippen LogP) is 8.59. The van der Waals surface area contributed by atoms with Crippen LogP contribution >= 0.6 is 62.3 Å². The lowest BCUT2D eigenvalue weighted by Crippen LogP contribution is -2.13. The van der Waals surface area contributed by atoms with Crippen molar-refractivity contribution in [2.24, 2.45) is 0 Å². The van der Waals surface area contributed by atoms with Gasteiger partial charge in [-0.15, -0.1) is 0 Å². The minimum Gasteiger partial charge on any atom is -0.490 e. The molecule has 1 N–H and O–H groups in total. The number of amides is 1. The van der Waals surface area contributed by atoms with E-state index in [1.54, 1.807) is 42.5 Å². The van der Waals surface area contributed by atoms with Gasteiger partial charge in [-0.1, -0.05) is 52.5 Å². The van der Waals surface area contributed by atoms with Crippen LogP contribution in [0.15, 0.2) is 58.6 Å². The molecule has 1 amide bonds. The standard InChI is InChI=1S/C25H17BrCl4N2O3/c1-2-34-23-9-14(7-16(12-31)25(33)32-18-5-6-20(28)22(30)11-18)8-19(26)24(23)35-13-15-3-4-17(27)10-21(15)29/h3-11H,2,13H2,1H3,(H,32,33)/b16-7+. The Kier molecular flexibility index (Phi) is 9.73. The van der Waals surface area contributed by atoms with Gasteiger partial charge in [-0.3, -0.25) is 4.79 Å². The molecule has 3 aromatic carbocycles. The van der Waals surface area contributed by atoms with Gasteiger partial charge in [0, 0.05) is 21.3 Å². The van der Waals surface area contributed by atoms with Gasteiger partial charge in [-0.2, -0.15) is 5.26 Å². The highest BCUT2D eigenvalue weighted by Crippen LogP contribution is 2.38. The van der Waals surface area contributed by atoms with Gasteiger partial charge >= 0.3 is 0 Å². The zero-order valence-electron chi connectivity index (χ0n) is 18.2. The fourth-order valence-electron chi connectivity index (χ4n) is 2.95. The van der Waals surface area contributed by atoms with Crippen molar-refractivity contribution in [3.05, 3.63) is 89.8 Å². The van der Waals surface area contributed by atoms with Crippen molar-refractivity contribution in [1.29, 1.82) is 5.26 Å². The van der Waals surface area contributed by atoms with E-state index in [0.717, 1.165) is 5.56 Å². The summed E-state index contributed by atoms with van der Waals surface area (Å²) in [6, 6.07) is 15.1. The lowest BCUT2D eigenvalue weighted by Gasteiger charge is -2.15. The number of hydrogen-bond acceptors (Lipinski definition) is 4. The molecule has 0 saturated carbocycles. The fraction of sp³-hybridized carbons (Fsp3) is 0.120. The number of halogens is 5. The highest BCUT2D eigenvalue weighted by Gasteiger charge is 2.16. The quantitative estimate of drug-likeness (QED) is 0.204. The van der Waals surface area contributed by atoms with Gasteiger partial charge < -0.3 is 14.8 Å². The second-order valence-corrected chi connectivity index (χ2v) is 9.55. The third-order valence-electron chi connectivity index (χ3n) is 4.57. The molecule has 35 heavy (non-hydrogen) atoms. The van der Waals surface area contributed by atoms with Gasteiger partial charge in [-0.25, -0.2) is 0 Å². The highest BCUT2D eigenvalue weighted by molar-refractivity contribution is 9.10. The van der Waals surface area contributed by atoms with Crippen molar-refractivity contribution in [2.45, 2.75) is 13.5 Å². The highest BCUT2D eigenvalue weighted by atomic mass is 79.9. The molecule has 0 spiro atoms. The van der Waals surface area contributed by atoms with E-state index in [9.17, 15) is 10.1 Å². The molecule has 180 valence electrons. The first-order valence-corrected chi connectivity index (χ1v) is 12.4. The maximum Gasteiger partial charge on any atom is 0.266 e. The van der Waals surface area contributed by atoms with Crippen molar-refractivity contribution >= 4 is 80.0 Å². The van der Waals surface area contributed by atoms with E-state index in [-0.39, 0.29) is 17.2 Å². The Morgan fingerprint density at radius 1 is 1.03 bits per heavy atom. The molecular formula is C25H17BrCl4N2O3. The van der Waals surface area contributed by atoms with E-state index in [1.165, 1.54) is 12.1 Å². The number of carbonyl (C=O) groups excluding carboxylic acids is 1. The molecule has 0 bridgehead atoms. The molecule has 0 aromatic heterocycles. The molecule has 0 fully saturated rings. The van der Waals surface area contributed by atoms with Crippen molar-refractivity contribution in [3.63, 3.8) is 0 Å². The molecule has 0 aliphatic carbocycles. The average Bonchev–Trinajstić information content (AvgIpc) is 2.80. The zero-order chi connectivity index (χ0) is 25.5. The summed E-state index contributed by atoms with van der Waals surface area (Å²) in [6.45, 7) is 2.39. The maximum atomic E-state index is 12.7. The Hall–Kier alpha value is -2.40. The Balaban J connectivity index is 1.85. The van der Waals surface area contributed by atoms with Gasteiger partial charge in [-0.05, 0) is 77.0 Å². The van der Waals surface area contributed by atoms with Crippen LogP contribution in [0.4, 0.5) is 5.69 Å². The zero-order valence-corrected chi connectivity index (χ0v) is 22.8. The SMILES string of the molecule is CCOc1cc(/C=C(\C#N)C(=O)Nc2ccc(Cl)c(Cl)c2)cc(Br)c1OCc1ccc(Cl)cc1Cl. The summed E-state index contributed by atoms with van der Waals surface area (Å²) >= 11 is 27.6. The molecule has 0 atom stereocenters. The van der Waals surface area contributed by atoms with E-state index in [4.69, 9.17) is 55.9 Å². The van der Waals surface area contributed by atoms with Crippen LogP contribution in [0.25, 0.3) is 6.08 Å². The first kappa shape index (κ1) is 27.2. The second-order valence-electron chi connectivity index (χ2n) is 7.04. The van der Waals surface area contributed by atoms with Crippen LogP contribution in [-0.2, 0) is 11.4 Å². The minimum atomic E-state index is -0.599. The molecule has 0 radical (unpaired) electrons. The van der Waals surface area contributed by atoms with E-state index in [0.29, 0.717) is 48.9 Å². The Labute approximate surface area is 231 Å². The third kappa shape index (κ3) is 7.30. The van der Waals surface area contributed by atoms with Gasteiger partial charge in [0.2, 0.25) is 0 Å². The number of ether oxygens (including phenoxy) is 2. The van der Waals surface area contributed by atoms with Crippen molar-refractivity contribution in [1.82, 2.24) is 0 Å². The lowest BCUT2D eigenvalue weighted by molar-refractivity contribution is -0.112. The van der Waals surface area contributed by atoms with Crippen LogP contribution in [0, 0.1) is 11.3 Å². The van der Waals surface area contributed by atoms with Gasteiger partial charge in [0.25, 0.3) is 5.91 Å². The van der Waals surface area contributed by atoms with Crippen molar-refractivity contribution in [2.75, 3.05) is 11.9 Å². The maximum absolute atomic E-state index is 12.7. The van der Waals surface area contributed by atoms with Crippen molar-refractivity contribution in [3.8, 4) is 17.6 Å². The number of carbonyl (C=O) groups is 1. The first-order valence-electron chi connectivity index (χ1n) is 10.1. The van der Waals surface area contributed by atoms with Gasteiger partial charge in [0.1, 0.15) is 18.2 Å². The number of nitrogens with one attached hydrogen (secondary N) is 1. The predicted molar refractivity (Wildman–Crippen MR) is 145 cm³/mol. The summed E-state index contributed by atoms with van der Waals surface area (Å²) in [5, 5.41) is 13.9. The molecule has 0 saturated heterocycles. The summed E-state index contributed by atoms with van der Waals surface area (Å²) < 4.78 is 12.3. The number of rotatable bonds is 8. The summed E-state index contributed by atoms with van der Waals surface area (Å²) in [5.74, 6) is 0.284. The molecule has 0 aliphatic rings. The summed E-state index contributed by atoms with van der Waals surface area (Å²) in [5.41, 5.74) is 1.59. The third-order valence-corrected chi connectivity index (χ3v) is 6.49. The van der Waals surface area contributed by atoms with E-state index < -0.39 is 5.91 Å². The van der Waals surface area contributed by atoms with Gasteiger partial charge in [0.05, 0.1) is 21.1 Å². The lowest BCUT2D eigenvalue weighted by atomic mass is 10.1. The molecule has 10 heteroatoms. The normalized spacial score (nSPS) is 11.1. The summed E-state index contributed by atoms with van der Waals surface area (Å²) in [7, 11) is 0. The first-order chi connectivity index (χ1) is 16.7. The molecule has 3 rings (SSSR count). The number of benzene rings is 3. The minimum absolute atomic E-state index is 0.118. The Morgan fingerprint density at radius 3 is 2.46 bits per heavy atom. The average molecular weight is 615 g/mol. The van der Waals surface area contributed by atoms with E-state index in [2.05, 4.69) is 21.2 Å². The molecule has 0 unspecified atom stereocenters. The van der Waals surface area contributed by atoms with Crippen molar-refractivity contribution < 1.29 is 14.3 Å². The van der Waals surface area contributed by atoms with E-state index in [1.807, 2.05) is 13.0 Å². The van der Waals surface area contributed by atoms with Crippen LogP contribution in [0.3, 0.4) is 0 Å². The fourth-order valence-corrected chi connectivity index (χ4v) is 4.29. The molecular weight excluding hydrogens is 598 g/mol. The summed E-state index contributed by atoms with van der Waals surface area (Å²) in [6.07, 6.45) is 1.44. The molecule has 0 heterocycles.